The molecule has 0 spiro atoms. The van der Waals surface area contributed by atoms with Crippen LogP contribution in [0.1, 0.15) is 42.8 Å². The van der Waals surface area contributed by atoms with Crippen molar-refractivity contribution < 1.29 is 0 Å². The third-order valence-corrected chi connectivity index (χ3v) is 4.38. The SMILES string of the molecule is CSc1ccc(C(C)NC(C)c2cn(C)nc2C)cc1. The highest BCUT2D eigenvalue weighted by molar-refractivity contribution is 7.98. The second-order valence-corrected chi connectivity index (χ2v) is 6.11. The monoisotopic (exact) mass is 289 g/mol. The topological polar surface area (TPSA) is 29.9 Å². The van der Waals surface area contributed by atoms with E-state index in [2.05, 4.69) is 67.9 Å². The summed E-state index contributed by atoms with van der Waals surface area (Å²) in [6, 6.07) is 9.37. The molecule has 2 unspecified atom stereocenters. The lowest BCUT2D eigenvalue weighted by Crippen LogP contribution is -2.22. The van der Waals surface area contributed by atoms with Crippen molar-refractivity contribution >= 4 is 11.8 Å². The number of nitrogens with one attached hydrogen (secondary N) is 1. The fourth-order valence-electron chi connectivity index (χ4n) is 2.50. The number of nitrogens with zero attached hydrogens (tertiary/aromatic N) is 2. The van der Waals surface area contributed by atoms with E-state index in [1.54, 1.807) is 11.8 Å². The van der Waals surface area contributed by atoms with Gasteiger partial charge in [0.15, 0.2) is 0 Å². The lowest BCUT2D eigenvalue weighted by Gasteiger charge is -2.20. The van der Waals surface area contributed by atoms with E-state index in [9.17, 15) is 0 Å². The minimum absolute atomic E-state index is 0.291. The average Bonchev–Trinajstić information content (AvgIpc) is 2.78. The van der Waals surface area contributed by atoms with Crippen molar-refractivity contribution in [1.82, 2.24) is 15.1 Å². The Balaban J connectivity index is 2.06. The summed E-state index contributed by atoms with van der Waals surface area (Å²) in [5.74, 6) is 0. The number of hydrogen-bond donors (Lipinski definition) is 1. The third-order valence-electron chi connectivity index (χ3n) is 3.63. The minimum Gasteiger partial charge on any atom is -0.304 e. The van der Waals surface area contributed by atoms with Crippen LogP contribution in [0.15, 0.2) is 35.4 Å². The van der Waals surface area contributed by atoms with Crippen LogP contribution in [-0.4, -0.2) is 16.0 Å². The van der Waals surface area contributed by atoms with Gasteiger partial charge >= 0.3 is 0 Å². The van der Waals surface area contributed by atoms with Crippen molar-refractivity contribution in [3.05, 3.63) is 47.3 Å². The molecule has 1 N–H and O–H groups in total. The van der Waals surface area contributed by atoms with Crippen molar-refractivity contribution in [2.24, 2.45) is 7.05 Å². The van der Waals surface area contributed by atoms with Crippen LogP contribution >= 0.6 is 11.8 Å². The minimum atomic E-state index is 0.291. The molecular formula is C16H23N3S. The quantitative estimate of drug-likeness (QED) is 0.848. The van der Waals surface area contributed by atoms with Crippen LogP contribution in [0.4, 0.5) is 0 Å². The van der Waals surface area contributed by atoms with Gasteiger partial charge in [0, 0.05) is 35.8 Å². The number of aromatic nitrogens is 2. The lowest BCUT2D eigenvalue weighted by molar-refractivity contribution is 0.493. The van der Waals surface area contributed by atoms with Crippen LogP contribution < -0.4 is 5.32 Å². The van der Waals surface area contributed by atoms with E-state index in [1.165, 1.54) is 16.0 Å². The highest BCUT2D eigenvalue weighted by Crippen LogP contribution is 2.23. The van der Waals surface area contributed by atoms with Gasteiger partial charge in [0.25, 0.3) is 0 Å². The number of aryl methyl sites for hydroxylation is 2. The fourth-order valence-corrected chi connectivity index (χ4v) is 2.90. The highest BCUT2D eigenvalue weighted by atomic mass is 32.2. The molecule has 4 heteroatoms. The van der Waals surface area contributed by atoms with Gasteiger partial charge in [0.2, 0.25) is 0 Å². The number of benzene rings is 1. The number of hydrogen-bond acceptors (Lipinski definition) is 3. The molecule has 0 fully saturated rings. The molecule has 1 aromatic heterocycles. The van der Waals surface area contributed by atoms with E-state index in [0.717, 1.165) is 5.69 Å². The summed E-state index contributed by atoms with van der Waals surface area (Å²) in [4.78, 5) is 1.30. The summed E-state index contributed by atoms with van der Waals surface area (Å²) in [5, 5.41) is 8.05. The molecule has 0 radical (unpaired) electrons. The largest absolute Gasteiger partial charge is 0.304 e. The van der Waals surface area contributed by atoms with Gasteiger partial charge in [0.1, 0.15) is 0 Å². The van der Waals surface area contributed by atoms with Gasteiger partial charge in [-0.15, -0.1) is 11.8 Å². The van der Waals surface area contributed by atoms with Gasteiger partial charge in [-0.05, 0) is 44.7 Å². The van der Waals surface area contributed by atoms with Gasteiger partial charge in [-0.1, -0.05) is 12.1 Å². The molecule has 1 heterocycles. The summed E-state index contributed by atoms with van der Waals surface area (Å²) >= 11 is 1.77. The Labute approximate surface area is 125 Å². The number of rotatable bonds is 5. The highest BCUT2D eigenvalue weighted by Gasteiger charge is 2.15. The van der Waals surface area contributed by atoms with E-state index in [0.29, 0.717) is 12.1 Å². The van der Waals surface area contributed by atoms with E-state index in [-0.39, 0.29) is 0 Å². The smallest absolute Gasteiger partial charge is 0.0641 e. The van der Waals surface area contributed by atoms with Gasteiger partial charge < -0.3 is 5.32 Å². The molecule has 3 nitrogen and oxygen atoms in total. The van der Waals surface area contributed by atoms with Crippen molar-refractivity contribution in [1.29, 1.82) is 0 Å². The molecule has 2 atom stereocenters. The first-order chi connectivity index (χ1) is 9.51. The molecule has 0 aliphatic heterocycles. The Hall–Kier alpha value is -1.26. The standard InChI is InChI=1S/C16H23N3S/c1-11(14-6-8-15(20-5)9-7-14)17-12(2)16-10-19(4)18-13(16)3/h6-12,17H,1-5H3. The lowest BCUT2D eigenvalue weighted by atomic mass is 10.1. The Morgan fingerprint density at radius 2 is 1.80 bits per heavy atom. The van der Waals surface area contributed by atoms with Crippen molar-refractivity contribution in [3.8, 4) is 0 Å². The van der Waals surface area contributed by atoms with Crippen molar-refractivity contribution in [2.45, 2.75) is 37.8 Å². The molecule has 0 bridgehead atoms. The van der Waals surface area contributed by atoms with E-state index >= 15 is 0 Å². The van der Waals surface area contributed by atoms with Gasteiger partial charge in [-0.2, -0.15) is 5.10 Å². The summed E-state index contributed by atoms with van der Waals surface area (Å²) < 4.78 is 1.88. The van der Waals surface area contributed by atoms with Crippen LogP contribution in [0.3, 0.4) is 0 Å². The summed E-state index contributed by atoms with van der Waals surface area (Å²) in [7, 11) is 1.97. The molecule has 108 valence electrons. The molecule has 0 amide bonds. The first-order valence-corrected chi connectivity index (χ1v) is 8.14. The van der Waals surface area contributed by atoms with E-state index in [4.69, 9.17) is 0 Å². The van der Waals surface area contributed by atoms with Crippen LogP contribution in [-0.2, 0) is 7.05 Å². The van der Waals surface area contributed by atoms with Crippen LogP contribution in [0.2, 0.25) is 0 Å². The first kappa shape index (κ1) is 15.1. The van der Waals surface area contributed by atoms with Crippen molar-refractivity contribution in [3.63, 3.8) is 0 Å². The fraction of sp³-hybridized carbons (Fsp3) is 0.438. The molecule has 0 saturated carbocycles. The van der Waals surface area contributed by atoms with Gasteiger partial charge in [-0.3, -0.25) is 4.68 Å². The predicted octanol–water partition coefficient (Wildman–Crippen LogP) is 3.86. The first-order valence-electron chi connectivity index (χ1n) is 6.91. The maximum atomic E-state index is 4.41. The Morgan fingerprint density at radius 3 is 2.30 bits per heavy atom. The zero-order valence-electron chi connectivity index (χ0n) is 12.8. The Kier molecular flexibility index (Phi) is 4.89. The third kappa shape index (κ3) is 3.44. The molecule has 0 aliphatic rings. The normalized spacial score (nSPS) is 14.2. The Morgan fingerprint density at radius 1 is 1.15 bits per heavy atom. The maximum absolute atomic E-state index is 4.41. The van der Waals surface area contributed by atoms with E-state index < -0.39 is 0 Å². The molecule has 0 aliphatic carbocycles. The average molecular weight is 289 g/mol. The Bertz CT molecular complexity index is 560. The zero-order valence-corrected chi connectivity index (χ0v) is 13.7. The molecule has 2 rings (SSSR count). The van der Waals surface area contributed by atoms with Crippen LogP contribution in [0.5, 0.6) is 0 Å². The predicted molar refractivity (Wildman–Crippen MR) is 86.1 cm³/mol. The molecular weight excluding hydrogens is 266 g/mol. The van der Waals surface area contributed by atoms with Crippen LogP contribution in [0, 0.1) is 6.92 Å². The van der Waals surface area contributed by atoms with Gasteiger partial charge in [0.05, 0.1) is 5.69 Å². The number of thioether (sulfide) groups is 1. The van der Waals surface area contributed by atoms with Crippen molar-refractivity contribution in [2.75, 3.05) is 6.26 Å². The maximum Gasteiger partial charge on any atom is 0.0641 e. The zero-order chi connectivity index (χ0) is 14.7. The summed E-state index contributed by atoms with van der Waals surface area (Å²) in [6.45, 7) is 6.46. The van der Waals surface area contributed by atoms with E-state index in [1.807, 2.05) is 11.7 Å². The molecule has 20 heavy (non-hydrogen) atoms. The summed E-state index contributed by atoms with van der Waals surface area (Å²) in [5.41, 5.74) is 3.67. The molecule has 2 aromatic rings. The summed E-state index contributed by atoms with van der Waals surface area (Å²) in [6.07, 6.45) is 4.19. The second-order valence-electron chi connectivity index (χ2n) is 5.23. The second kappa shape index (κ2) is 6.46. The van der Waals surface area contributed by atoms with Gasteiger partial charge in [-0.25, -0.2) is 0 Å². The van der Waals surface area contributed by atoms with Crippen LogP contribution in [0.25, 0.3) is 0 Å². The molecule has 1 aromatic carbocycles. The molecule has 0 saturated heterocycles.